The Balaban J connectivity index is 1.86. The molecule has 1 N–H and O–H groups in total. The number of nitrogens with zero attached hydrogens (tertiary/aromatic N) is 3. The lowest BCUT2D eigenvalue weighted by Crippen LogP contribution is -2.28. The van der Waals surface area contributed by atoms with E-state index in [-0.39, 0.29) is 11.8 Å². The highest BCUT2D eigenvalue weighted by Crippen LogP contribution is 2.26. The number of amides is 1. The van der Waals surface area contributed by atoms with Crippen molar-refractivity contribution in [3.63, 3.8) is 0 Å². The van der Waals surface area contributed by atoms with E-state index in [4.69, 9.17) is 0 Å². The Morgan fingerprint density at radius 1 is 1.07 bits per heavy atom. The first-order valence-corrected chi connectivity index (χ1v) is 10.4. The third-order valence-corrected chi connectivity index (χ3v) is 5.39. The molecular weight excluding hydrogens is 368 g/mol. The Morgan fingerprint density at radius 3 is 2.50 bits per heavy atom. The van der Waals surface area contributed by atoms with E-state index in [1.54, 1.807) is 11.8 Å². The van der Waals surface area contributed by atoms with Gasteiger partial charge in [0.05, 0.1) is 6.54 Å². The quantitative estimate of drug-likeness (QED) is 0.602. The molecule has 28 heavy (non-hydrogen) atoms. The third kappa shape index (κ3) is 5.01. The number of carbonyl (C=O) groups is 1. The Labute approximate surface area is 170 Å². The van der Waals surface area contributed by atoms with Crippen molar-refractivity contribution in [1.29, 1.82) is 0 Å². The zero-order valence-corrected chi connectivity index (χ0v) is 17.6. The van der Waals surface area contributed by atoms with Crippen LogP contribution in [0.2, 0.25) is 0 Å². The molecule has 1 heterocycles. The standard InChI is InChI=1S/C22H26N4OS/c1-15(2)21(27)23-13-20-24-25-22(26(20)19-10-8-16(3)9-11-19)28-14-18-7-5-6-17(4)12-18/h5-12,15H,13-14H2,1-4H3,(H,23,27). The highest BCUT2D eigenvalue weighted by molar-refractivity contribution is 7.98. The molecule has 3 rings (SSSR count). The smallest absolute Gasteiger partial charge is 0.222 e. The molecule has 0 radical (unpaired) electrons. The number of benzene rings is 2. The fourth-order valence-corrected chi connectivity index (χ4v) is 3.70. The fourth-order valence-electron chi connectivity index (χ4n) is 2.78. The molecule has 146 valence electrons. The lowest BCUT2D eigenvalue weighted by Gasteiger charge is -2.12. The average molecular weight is 395 g/mol. The number of hydrogen-bond donors (Lipinski definition) is 1. The first-order valence-electron chi connectivity index (χ1n) is 9.41. The highest BCUT2D eigenvalue weighted by Gasteiger charge is 2.16. The van der Waals surface area contributed by atoms with E-state index < -0.39 is 0 Å². The Hall–Kier alpha value is -2.60. The minimum absolute atomic E-state index is 0.00687. The summed E-state index contributed by atoms with van der Waals surface area (Å²) < 4.78 is 2.03. The summed E-state index contributed by atoms with van der Waals surface area (Å²) in [5, 5.41) is 12.5. The monoisotopic (exact) mass is 394 g/mol. The summed E-state index contributed by atoms with van der Waals surface area (Å²) in [5.74, 6) is 1.48. The van der Waals surface area contributed by atoms with Gasteiger partial charge in [0.1, 0.15) is 0 Å². The van der Waals surface area contributed by atoms with E-state index in [0.29, 0.717) is 6.54 Å². The van der Waals surface area contributed by atoms with Gasteiger partial charge in [-0.05, 0) is 31.5 Å². The summed E-state index contributed by atoms with van der Waals surface area (Å²) in [5.41, 5.74) is 4.69. The molecule has 0 aliphatic carbocycles. The van der Waals surface area contributed by atoms with Crippen LogP contribution < -0.4 is 5.32 Å². The van der Waals surface area contributed by atoms with Gasteiger partial charge in [-0.1, -0.05) is 73.1 Å². The van der Waals surface area contributed by atoms with Gasteiger partial charge in [-0.3, -0.25) is 9.36 Å². The number of carbonyl (C=O) groups excluding carboxylic acids is 1. The molecule has 0 spiro atoms. The molecule has 1 amide bonds. The van der Waals surface area contributed by atoms with Crippen LogP contribution in [-0.2, 0) is 17.1 Å². The average Bonchev–Trinajstić information content (AvgIpc) is 3.08. The minimum atomic E-state index is -0.0640. The van der Waals surface area contributed by atoms with Gasteiger partial charge in [-0.15, -0.1) is 10.2 Å². The summed E-state index contributed by atoms with van der Waals surface area (Å²) in [4.78, 5) is 12.0. The predicted molar refractivity (Wildman–Crippen MR) is 114 cm³/mol. The predicted octanol–water partition coefficient (Wildman–Crippen LogP) is 4.45. The molecule has 1 aromatic heterocycles. The van der Waals surface area contributed by atoms with Crippen LogP contribution in [-0.4, -0.2) is 20.7 Å². The van der Waals surface area contributed by atoms with E-state index in [1.807, 2.05) is 18.4 Å². The van der Waals surface area contributed by atoms with Crippen LogP contribution in [0.4, 0.5) is 0 Å². The van der Waals surface area contributed by atoms with Crippen molar-refractivity contribution >= 4 is 17.7 Å². The summed E-state index contributed by atoms with van der Waals surface area (Å²) in [6, 6.07) is 16.7. The number of rotatable bonds is 7. The van der Waals surface area contributed by atoms with Crippen molar-refractivity contribution in [2.24, 2.45) is 5.92 Å². The van der Waals surface area contributed by atoms with Crippen molar-refractivity contribution in [3.05, 3.63) is 71.0 Å². The van der Waals surface area contributed by atoms with Crippen molar-refractivity contribution in [1.82, 2.24) is 20.1 Å². The van der Waals surface area contributed by atoms with E-state index in [1.165, 1.54) is 16.7 Å². The van der Waals surface area contributed by atoms with Crippen LogP contribution in [0.15, 0.2) is 53.7 Å². The minimum Gasteiger partial charge on any atom is -0.349 e. The number of hydrogen-bond acceptors (Lipinski definition) is 4. The maximum absolute atomic E-state index is 12.0. The third-order valence-electron chi connectivity index (χ3n) is 4.39. The van der Waals surface area contributed by atoms with Crippen molar-refractivity contribution < 1.29 is 4.79 Å². The van der Waals surface area contributed by atoms with Crippen molar-refractivity contribution in [2.45, 2.75) is 45.1 Å². The van der Waals surface area contributed by atoms with Crippen LogP contribution in [0.5, 0.6) is 0 Å². The molecule has 0 saturated carbocycles. The molecular formula is C22H26N4OS. The number of aryl methyl sites for hydroxylation is 2. The van der Waals surface area contributed by atoms with Crippen LogP contribution in [0.25, 0.3) is 5.69 Å². The molecule has 6 heteroatoms. The summed E-state index contributed by atoms with van der Waals surface area (Å²) in [7, 11) is 0. The van der Waals surface area contributed by atoms with E-state index >= 15 is 0 Å². The topological polar surface area (TPSA) is 59.8 Å². The Bertz CT molecular complexity index is 947. The SMILES string of the molecule is Cc1ccc(-n2c(CNC(=O)C(C)C)nnc2SCc2cccc(C)c2)cc1. The molecule has 0 fully saturated rings. The molecule has 0 bridgehead atoms. The maximum Gasteiger partial charge on any atom is 0.222 e. The van der Waals surface area contributed by atoms with Gasteiger partial charge in [0, 0.05) is 17.4 Å². The summed E-state index contributed by atoms with van der Waals surface area (Å²) in [6.45, 7) is 8.26. The lowest BCUT2D eigenvalue weighted by molar-refractivity contribution is -0.124. The zero-order chi connectivity index (χ0) is 20.1. The highest BCUT2D eigenvalue weighted by atomic mass is 32.2. The number of thioether (sulfide) groups is 1. The summed E-state index contributed by atoms with van der Waals surface area (Å²) in [6.07, 6.45) is 0. The fraction of sp³-hybridized carbons (Fsp3) is 0.318. The zero-order valence-electron chi connectivity index (χ0n) is 16.8. The molecule has 5 nitrogen and oxygen atoms in total. The van der Waals surface area contributed by atoms with Gasteiger partial charge in [-0.25, -0.2) is 0 Å². The molecule has 0 unspecified atom stereocenters. The van der Waals surface area contributed by atoms with Gasteiger partial charge < -0.3 is 5.32 Å². The molecule has 0 atom stereocenters. The Morgan fingerprint density at radius 2 is 1.82 bits per heavy atom. The normalized spacial score (nSPS) is 11.0. The van der Waals surface area contributed by atoms with Gasteiger partial charge in [0.2, 0.25) is 5.91 Å². The second-order valence-corrected chi connectivity index (χ2v) is 8.16. The van der Waals surface area contributed by atoms with Gasteiger partial charge in [0.25, 0.3) is 0 Å². The van der Waals surface area contributed by atoms with Crippen LogP contribution in [0.1, 0.15) is 36.4 Å². The number of aromatic nitrogens is 3. The van der Waals surface area contributed by atoms with Gasteiger partial charge in [0.15, 0.2) is 11.0 Å². The van der Waals surface area contributed by atoms with E-state index in [2.05, 4.69) is 77.9 Å². The molecule has 0 aliphatic heterocycles. The Kier molecular flexibility index (Phi) is 6.52. The van der Waals surface area contributed by atoms with Crippen LogP contribution >= 0.6 is 11.8 Å². The first kappa shape index (κ1) is 20.1. The molecule has 3 aromatic rings. The van der Waals surface area contributed by atoms with Crippen LogP contribution in [0.3, 0.4) is 0 Å². The van der Waals surface area contributed by atoms with Gasteiger partial charge in [-0.2, -0.15) is 0 Å². The van der Waals surface area contributed by atoms with E-state index in [9.17, 15) is 4.79 Å². The van der Waals surface area contributed by atoms with Crippen LogP contribution in [0, 0.1) is 19.8 Å². The summed E-state index contributed by atoms with van der Waals surface area (Å²) >= 11 is 1.65. The van der Waals surface area contributed by atoms with Gasteiger partial charge >= 0.3 is 0 Å². The molecule has 0 saturated heterocycles. The van der Waals surface area contributed by atoms with E-state index in [0.717, 1.165) is 22.4 Å². The van der Waals surface area contributed by atoms with Crippen molar-refractivity contribution in [2.75, 3.05) is 0 Å². The first-order chi connectivity index (χ1) is 13.4. The number of nitrogens with one attached hydrogen (secondary N) is 1. The lowest BCUT2D eigenvalue weighted by atomic mass is 10.2. The second kappa shape index (κ2) is 9.06. The molecule has 0 aliphatic rings. The maximum atomic E-state index is 12.0. The van der Waals surface area contributed by atoms with Crippen molar-refractivity contribution in [3.8, 4) is 5.69 Å². The second-order valence-electron chi connectivity index (χ2n) is 7.22. The largest absolute Gasteiger partial charge is 0.349 e. The molecule has 2 aromatic carbocycles.